The smallest absolute Gasteiger partial charge is 0.245 e. The molecule has 0 aromatic heterocycles. The van der Waals surface area contributed by atoms with E-state index in [0.29, 0.717) is 25.0 Å². The second-order valence-electron chi connectivity index (χ2n) is 9.06. The van der Waals surface area contributed by atoms with E-state index in [2.05, 4.69) is 30.9 Å². The van der Waals surface area contributed by atoms with Crippen molar-refractivity contribution in [2.75, 3.05) is 47.4 Å². The van der Waals surface area contributed by atoms with E-state index in [9.17, 15) is 13.5 Å². The maximum Gasteiger partial charge on any atom is 0.245 e. The number of benzene rings is 1. The molecule has 0 bridgehead atoms. The average molecular weight is 440 g/mol. The zero-order chi connectivity index (χ0) is 21.9. The van der Waals surface area contributed by atoms with Crippen LogP contribution in [0.2, 0.25) is 0 Å². The highest BCUT2D eigenvalue weighted by Gasteiger charge is 2.54. The van der Waals surface area contributed by atoms with Crippen LogP contribution in [0.5, 0.6) is 0 Å². The van der Waals surface area contributed by atoms with Crippen molar-refractivity contribution in [1.29, 1.82) is 0 Å². The molecule has 2 fully saturated rings. The minimum atomic E-state index is -3.71. The topological polar surface area (TPSA) is 73.3 Å². The summed E-state index contributed by atoms with van der Waals surface area (Å²) < 4.78 is 35.5. The minimum absolute atomic E-state index is 0.142. The molecule has 8 heteroatoms. The fourth-order valence-electron chi connectivity index (χ4n) is 4.50. The van der Waals surface area contributed by atoms with Gasteiger partial charge in [0.2, 0.25) is 10.0 Å². The summed E-state index contributed by atoms with van der Waals surface area (Å²) in [6.45, 7) is 4.77. The van der Waals surface area contributed by atoms with Crippen LogP contribution in [0.4, 0.5) is 0 Å². The lowest BCUT2D eigenvalue weighted by molar-refractivity contribution is -0.0884. The second-order valence-corrected chi connectivity index (χ2v) is 10.9. The summed E-state index contributed by atoms with van der Waals surface area (Å²) in [5, 5.41) is 9.77. The average Bonchev–Trinajstić information content (AvgIpc) is 3.06. The first-order valence-corrected chi connectivity index (χ1v) is 12.4. The Morgan fingerprint density at radius 3 is 2.40 bits per heavy atom. The van der Waals surface area contributed by atoms with Crippen LogP contribution in [0.25, 0.3) is 0 Å². The molecule has 2 atom stereocenters. The highest BCUT2D eigenvalue weighted by molar-refractivity contribution is 7.89. The maximum absolute atomic E-state index is 13.8. The summed E-state index contributed by atoms with van der Waals surface area (Å²) in [5.41, 5.74) is -0.0404. The molecular formula is C22H37N3O4S. The Kier molecular flexibility index (Phi) is 7.58. The SMILES string of the molecule is CC(O)c1ccc(S(=O)(=O)N2C(CCCCN(C)C)COC23CCN(C)CC3)cc1. The third kappa shape index (κ3) is 5.06. The Balaban J connectivity index is 1.86. The molecule has 3 rings (SSSR count). The van der Waals surface area contributed by atoms with Gasteiger partial charge in [-0.2, -0.15) is 4.31 Å². The number of piperidine rings is 1. The van der Waals surface area contributed by atoms with Gasteiger partial charge in [-0.05, 0) is 65.1 Å². The number of likely N-dealkylation sites (tertiary alicyclic amines) is 1. The number of sulfonamides is 1. The standard InChI is InChI=1S/C22H37N3O4S/c1-18(26)19-8-10-21(11-9-19)30(27,28)25-20(7-5-6-14-23(2)3)17-29-22(25)12-15-24(4)16-13-22/h8-11,18,20,26H,5-7,12-17H2,1-4H3. The highest BCUT2D eigenvalue weighted by atomic mass is 32.2. The van der Waals surface area contributed by atoms with E-state index in [1.54, 1.807) is 35.5 Å². The minimum Gasteiger partial charge on any atom is -0.389 e. The van der Waals surface area contributed by atoms with Crippen molar-refractivity contribution < 1.29 is 18.3 Å². The molecule has 0 saturated carbocycles. The van der Waals surface area contributed by atoms with Crippen molar-refractivity contribution in [3.05, 3.63) is 29.8 Å². The Hall–Kier alpha value is -1.03. The maximum atomic E-state index is 13.8. The Morgan fingerprint density at radius 2 is 1.83 bits per heavy atom. The van der Waals surface area contributed by atoms with Crippen LogP contribution in [-0.4, -0.2) is 86.8 Å². The van der Waals surface area contributed by atoms with Crippen molar-refractivity contribution >= 4 is 10.0 Å². The third-order valence-corrected chi connectivity index (χ3v) is 8.37. The van der Waals surface area contributed by atoms with Gasteiger partial charge in [-0.15, -0.1) is 0 Å². The van der Waals surface area contributed by atoms with Gasteiger partial charge in [-0.3, -0.25) is 0 Å². The normalized spacial score (nSPS) is 24.0. The molecule has 0 aliphatic carbocycles. The van der Waals surface area contributed by atoms with Gasteiger partial charge in [0.15, 0.2) is 0 Å². The number of unbranched alkanes of at least 4 members (excludes halogenated alkanes) is 1. The van der Waals surface area contributed by atoms with Gasteiger partial charge in [0.1, 0.15) is 5.72 Å². The molecule has 1 N–H and O–H groups in total. The van der Waals surface area contributed by atoms with E-state index in [0.717, 1.165) is 38.9 Å². The Morgan fingerprint density at radius 1 is 1.20 bits per heavy atom. The van der Waals surface area contributed by atoms with Crippen LogP contribution >= 0.6 is 0 Å². The Labute approximate surface area is 181 Å². The summed E-state index contributed by atoms with van der Waals surface area (Å²) in [6.07, 6.45) is 3.55. The molecule has 0 radical (unpaired) electrons. The molecule has 1 aromatic carbocycles. The first kappa shape index (κ1) is 23.6. The van der Waals surface area contributed by atoms with Gasteiger partial charge in [0.25, 0.3) is 0 Å². The molecule has 1 spiro atoms. The van der Waals surface area contributed by atoms with Crippen molar-refractivity contribution in [3.8, 4) is 0 Å². The fourth-order valence-corrected chi connectivity index (χ4v) is 6.44. The lowest BCUT2D eigenvalue weighted by Gasteiger charge is -2.43. The number of ether oxygens (including phenoxy) is 1. The van der Waals surface area contributed by atoms with Gasteiger partial charge >= 0.3 is 0 Å². The summed E-state index contributed by atoms with van der Waals surface area (Å²) in [5.74, 6) is 0. The molecule has 7 nitrogen and oxygen atoms in total. The molecule has 2 heterocycles. The first-order valence-electron chi connectivity index (χ1n) is 11.0. The molecule has 2 saturated heterocycles. The van der Waals surface area contributed by atoms with Gasteiger partial charge in [-0.1, -0.05) is 18.6 Å². The van der Waals surface area contributed by atoms with Crippen molar-refractivity contribution in [2.24, 2.45) is 0 Å². The zero-order valence-electron chi connectivity index (χ0n) is 18.7. The molecule has 1 aromatic rings. The molecule has 0 amide bonds. The number of nitrogens with zero attached hydrogens (tertiary/aromatic N) is 3. The lowest BCUT2D eigenvalue weighted by Crippen LogP contribution is -2.56. The quantitative estimate of drug-likeness (QED) is 0.627. The number of aliphatic hydroxyl groups is 1. The monoisotopic (exact) mass is 439 g/mol. The number of hydrogen-bond acceptors (Lipinski definition) is 6. The molecular weight excluding hydrogens is 402 g/mol. The predicted octanol–water partition coefficient (Wildman–Crippen LogP) is 2.28. The van der Waals surface area contributed by atoms with E-state index in [-0.39, 0.29) is 10.9 Å². The summed E-state index contributed by atoms with van der Waals surface area (Å²) in [4.78, 5) is 4.65. The van der Waals surface area contributed by atoms with E-state index in [1.807, 2.05) is 0 Å². The molecule has 170 valence electrons. The van der Waals surface area contributed by atoms with E-state index >= 15 is 0 Å². The predicted molar refractivity (Wildman–Crippen MR) is 118 cm³/mol. The molecule has 30 heavy (non-hydrogen) atoms. The van der Waals surface area contributed by atoms with Gasteiger partial charge in [0, 0.05) is 25.9 Å². The van der Waals surface area contributed by atoms with E-state index in [4.69, 9.17) is 4.74 Å². The number of hydrogen-bond donors (Lipinski definition) is 1. The first-order chi connectivity index (χ1) is 14.2. The molecule has 2 unspecified atom stereocenters. The van der Waals surface area contributed by atoms with Crippen LogP contribution in [0.15, 0.2) is 29.2 Å². The van der Waals surface area contributed by atoms with Crippen LogP contribution in [0, 0.1) is 0 Å². The van der Waals surface area contributed by atoms with Gasteiger partial charge in [-0.25, -0.2) is 8.42 Å². The summed E-state index contributed by atoms with van der Waals surface area (Å²) in [7, 11) is 2.46. The van der Waals surface area contributed by atoms with Crippen molar-refractivity contribution in [2.45, 2.75) is 61.8 Å². The number of rotatable bonds is 8. The fraction of sp³-hybridized carbons (Fsp3) is 0.727. The summed E-state index contributed by atoms with van der Waals surface area (Å²) >= 11 is 0. The molecule has 2 aliphatic heterocycles. The summed E-state index contributed by atoms with van der Waals surface area (Å²) in [6, 6.07) is 6.48. The van der Waals surface area contributed by atoms with Gasteiger partial charge < -0.3 is 19.6 Å². The highest BCUT2D eigenvalue weighted by Crippen LogP contribution is 2.42. The van der Waals surface area contributed by atoms with Crippen molar-refractivity contribution in [3.63, 3.8) is 0 Å². The van der Waals surface area contributed by atoms with Crippen molar-refractivity contribution in [1.82, 2.24) is 14.1 Å². The zero-order valence-corrected chi connectivity index (χ0v) is 19.6. The lowest BCUT2D eigenvalue weighted by atomic mass is 10.00. The van der Waals surface area contributed by atoms with Gasteiger partial charge in [0.05, 0.1) is 23.6 Å². The third-order valence-electron chi connectivity index (χ3n) is 6.36. The molecule has 2 aliphatic rings. The number of aliphatic hydroxyl groups excluding tert-OH is 1. The van der Waals surface area contributed by atoms with Crippen LogP contribution in [0.1, 0.15) is 50.7 Å². The van der Waals surface area contributed by atoms with E-state index < -0.39 is 21.9 Å². The second kappa shape index (κ2) is 9.63. The Bertz CT molecular complexity index is 787. The largest absolute Gasteiger partial charge is 0.389 e. The van der Waals surface area contributed by atoms with Crippen LogP contribution < -0.4 is 0 Å². The van der Waals surface area contributed by atoms with Crippen LogP contribution in [-0.2, 0) is 14.8 Å². The van der Waals surface area contributed by atoms with Crippen LogP contribution in [0.3, 0.4) is 0 Å². The van der Waals surface area contributed by atoms with E-state index in [1.165, 1.54) is 0 Å².